The Balaban J connectivity index is 1.33. The van der Waals surface area contributed by atoms with Crippen molar-refractivity contribution in [2.75, 3.05) is 25.1 Å². The molecule has 0 saturated carbocycles. The number of ether oxygens (including phenoxy) is 1. The van der Waals surface area contributed by atoms with E-state index in [-0.39, 0.29) is 41.3 Å². The molecule has 0 aliphatic carbocycles. The molecule has 38 heavy (non-hydrogen) atoms. The average Bonchev–Trinajstić information content (AvgIpc) is 3.36. The third kappa shape index (κ3) is 5.20. The van der Waals surface area contributed by atoms with E-state index in [0.29, 0.717) is 28.5 Å². The minimum Gasteiger partial charge on any atom is -0.497 e. The Morgan fingerprint density at radius 2 is 1.61 bits per heavy atom. The van der Waals surface area contributed by atoms with E-state index in [4.69, 9.17) is 17.0 Å². The molecule has 1 fully saturated rings. The maximum absolute atomic E-state index is 13.6. The van der Waals surface area contributed by atoms with Crippen molar-refractivity contribution in [2.45, 2.75) is 13.0 Å². The first-order valence-electron chi connectivity index (χ1n) is 12.1. The number of fused-ring (bicyclic) bond motifs is 1. The number of carbonyl (C=O) groups is 3. The summed E-state index contributed by atoms with van der Waals surface area (Å²) in [7, 11) is 1.59. The summed E-state index contributed by atoms with van der Waals surface area (Å²) in [6.45, 7) is 0.610. The third-order valence-electron chi connectivity index (χ3n) is 6.38. The summed E-state index contributed by atoms with van der Waals surface area (Å²) in [4.78, 5) is 43.1. The average molecular weight is 544 g/mol. The number of hydrogen-bond acceptors (Lipinski definition) is 6. The standard InChI is InChI=1S/C29H25N3O4S2/c1-36-21-13-11-20(12-14-21)17-32-28(35)26(38-29(32)37)25-22-9-5-6-10-23(22)31(27(25)34)18-24(33)30-16-15-19-7-3-2-4-8-19/h2-14H,15-18H2,1H3,(H,30,33)/b26-25-. The Labute approximate surface area is 230 Å². The fraction of sp³-hybridized carbons (Fsp3) is 0.172. The van der Waals surface area contributed by atoms with Gasteiger partial charge in [0.1, 0.15) is 16.6 Å². The molecule has 3 aromatic carbocycles. The van der Waals surface area contributed by atoms with Crippen LogP contribution in [0.2, 0.25) is 0 Å². The van der Waals surface area contributed by atoms with E-state index >= 15 is 0 Å². The number of anilines is 1. The fourth-order valence-electron chi connectivity index (χ4n) is 4.45. The second-order valence-electron chi connectivity index (χ2n) is 8.81. The number of thiocarbonyl (C=S) groups is 1. The summed E-state index contributed by atoms with van der Waals surface area (Å²) in [5.74, 6) is -0.242. The van der Waals surface area contributed by atoms with E-state index in [2.05, 4.69) is 5.32 Å². The highest BCUT2D eigenvalue weighted by Crippen LogP contribution is 2.44. The van der Waals surface area contributed by atoms with Gasteiger partial charge in [0.2, 0.25) is 5.91 Å². The van der Waals surface area contributed by atoms with E-state index in [9.17, 15) is 14.4 Å². The van der Waals surface area contributed by atoms with Crippen LogP contribution in [0.1, 0.15) is 16.7 Å². The van der Waals surface area contributed by atoms with E-state index in [0.717, 1.165) is 28.6 Å². The number of benzene rings is 3. The number of nitrogens with one attached hydrogen (secondary N) is 1. The summed E-state index contributed by atoms with van der Waals surface area (Å²) in [6.07, 6.45) is 0.693. The van der Waals surface area contributed by atoms with Crippen LogP contribution in [0.3, 0.4) is 0 Å². The SMILES string of the molecule is COc1ccc(CN2C(=O)/C(=C3/C(=O)N(CC(=O)NCCc4ccccc4)c4ccccc43)SC2=S)cc1. The van der Waals surface area contributed by atoms with Crippen molar-refractivity contribution in [1.82, 2.24) is 10.2 Å². The van der Waals surface area contributed by atoms with E-state index in [1.807, 2.05) is 66.7 Å². The van der Waals surface area contributed by atoms with Gasteiger partial charge in [0.05, 0.1) is 29.8 Å². The molecule has 9 heteroatoms. The number of methoxy groups -OCH3 is 1. The second-order valence-corrected chi connectivity index (χ2v) is 10.4. The topological polar surface area (TPSA) is 79.0 Å². The molecule has 2 aliphatic rings. The highest BCUT2D eigenvalue weighted by Gasteiger charge is 2.42. The zero-order valence-electron chi connectivity index (χ0n) is 20.7. The van der Waals surface area contributed by atoms with Crippen LogP contribution in [-0.2, 0) is 27.3 Å². The molecular weight excluding hydrogens is 518 g/mol. The molecule has 1 N–H and O–H groups in total. The Morgan fingerprint density at radius 3 is 2.34 bits per heavy atom. The van der Waals surface area contributed by atoms with Gasteiger partial charge in [-0.2, -0.15) is 0 Å². The van der Waals surface area contributed by atoms with Gasteiger partial charge in [0, 0.05) is 12.1 Å². The Morgan fingerprint density at radius 1 is 0.895 bits per heavy atom. The zero-order valence-corrected chi connectivity index (χ0v) is 22.3. The Kier molecular flexibility index (Phi) is 7.57. The molecule has 7 nitrogen and oxygen atoms in total. The molecule has 192 valence electrons. The molecule has 3 amide bonds. The minimum atomic E-state index is -0.380. The van der Waals surface area contributed by atoms with E-state index in [1.54, 1.807) is 19.2 Å². The number of carbonyl (C=O) groups excluding carboxylic acids is 3. The van der Waals surface area contributed by atoms with Crippen molar-refractivity contribution in [3.05, 3.63) is 100 Å². The van der Waals surface area contributed by atoms with Gasteiger partial charge in [-0.3, -0.25) is 24.2 Å². The normalized spacial score (nSPS) is 16.7. The van der Waals surface area contributed by atoms with Gasteiger partial charge in [0.15, 0.2) is 0 Å². The van der Waals surface area contributed by atoms with Crippen molar-refractivity contribution < 1.29 is 19.1 Å². The maximum Gasteiger partial charge on any atom is 0.267 e. The van der Waals surface area contributed by atoms with Crippen molar-refractivity contribution >= 4 is 57.3 Å². The number of thioether (sulfide) groups is 1. The van der Waals surface area contributed by atoms with Crippen LogP contribution in [0.5, 0.6) is 5.75 Å². The summed E-state index contributed by atoms with van der Waals surface area (Å²) in [5.41, 5.74) is 3.52. The van der Waals surface area contributed by atoms with Crippen LogP contribution in [0.15, 0.2) is 83.8 Å². The first kappa shape index (κ1) is 25.7. The zero-order chi connectivity index (χ0) is 26.6. The molecule has 0 aromatic heterocycles. The van der Waals surface area contributed by atoms with Gasteiger partial charge < -0.3 is 10.1 Å². The second kappa shape index (κ2) is 11.2. The van der Waals surface area contributed by atoms with Crippen LogP contribution >= 0.6 is 24.0 Å². The lowest BCUT2D eigenvalue weighted by Gasteiger charge is -2.17. The van der Waals surface area contributed by atoms with Crippen LogP contribution in [0.25, 0.3) is 5.57 Å². The van der Waals surface area contributed by atoms with Gasteiger partial charge in [0.25, 0.3) is 11.8 Å². The highest BCUT2D eigenvalue weighted by molar-refractivity contribution is 8.26. The van der Waals surface area contributed by atoms with Crippen LogP contribution in [0, 0.1) is 0 Å². The lowest BCUT2D eigenvalue weighted by atomic mass is 10.1. The number of rotatable bonds is 8. The molecule has 3 aromatic rings. The number of para-hydroxylation sites is 1. The Bertz CT molecular complexity index is 1440. The van der Waals surface area contributed by atoms with Crippen molar-refractivity contribution in [3.8, 4) is 5.75 Å². The molecule has 0 radical (unpaired) electrons. The van der Waals surface area contributed by atoms with Crippen molar-refractivity contribution in [3.63, 3.8) is 0 Å². The lowest BCUT2D eigenvalue weighted by Crippen LogP contribution is -2.39. The molecular formula is C29H25N3O4S2. The van der Waals surface area contributed by atoms with Crippen LogP contribution < -0.4 is 15.0 Å². The monoisotopic (exact) mass is 543 g/mol. The van der Waals surface area contributed by atoms with Gasteiger partial charge in [-0.25, -0.2) is 0 Å². The highest BCUT2D eigenvalue weighted by atomic mass is 32.2. The predicted molar refractivity (Wildman–Crippen MR) is 153 cm³/mol. The lowest BCUT2D eigenvalue weighted by molar-refractivity contribution is -0.122. The summed E-state index contributed by atoms with van der Waals surface area (Å²) in [6, 6.07) is 24.5. The van der Waals surface area contributed by atoms with Crippen LogP contribution in [-0.4, -0.2) is 47.1 Å². The molecule has 2 aliphatic heterocycles. The van der Waals surface area contributed by atoms with Crippen molar-refractivity contribution in [2.24, 2.45) is 0 Å². The van der Waals surface area contributed by atoms with Crippen molar-refractivity contribution in [1.29, 1.82) is 0 Å². The fourth-order valence-corrected chi connectivity index (χ4v) is 5.77. The van der Waals surface area contributed by atoms with Gasteiger partial charge in [-0.15, -0.1) is 0 Å². The first-order valence-corrected chi connectivity index (χ1v) is 13.3. The van der Waals surface area contributed by atoms with Gasteiger partial charge in [-0.05, 0) is 35.7 Å². The molecule has 1 saturated heterocycles. The molecule has 0 spiro atoms. The molecule has 0 atom stereocenters. The number of nitrogens with zero attached hydrogens (tertiary/aromatic N) is 2. The summed E-state index contributed by atoms with van der Waals surface area (Å²) < 4.78 is 5.59. The minimum absolute atomic E-state index is 0.139. The van der Waals surface area contributed by atoms with E-state index in [1.165, 1.54) is 9.80 Å². The summed E-state index contributed by atoms with van der Waals surface area (Å²) >= 11 is 6.64. The Hall–Kier alpha value is -3.95. The quantitative estimate of drug-likeness (QED) is 0.339. The maximum atomic E-state index is 13.6. The number of hydrogen-bond donors (Lipinski definition) is 1. The molecule has 2 heterocycles. The van der Waals surface area contributed by atoms with Gasteiger partial charge in [-0.1, -0.05) is 84.6 Å². The first-order chi connectivity index (χ1) is 18.5. The molecule has 0 bridgehead atoms. The predicted octanol–water partition coefficient (Wildman–Crippen LogP) is 4.17. The molecule has 5 rings (SSSR count). The number of amides is 3. The largest absolute Gasteiger partial charge is 0.497 e. The van der Waals surface area contributed by atoms with E-state index < -0.39 is 0 Å². The smallest absolute Gasteiger partial charge is 0.267 e. The van der Waals surface area contributed by atoms with Crippen LogP contribution in [0.4, 0.5) is 5.69 Å². The summed E-state index contributed by atoms with van der Waals surface area (Å²) in [5, 5.41) is 2.89. The van der Waals surface area contributed by atoms with Gasteiger partial charge >= 0.3 is 0 Å². The third-order valence-corrected chi connectivity index (χ3v) is 7.83. The molecule has 0 unspecified atom stereocenters.